The van der Waals surface area contributed by atoms with Gasteiger partial charge in [-0.15, -0.1) is 0 Å². The fraction of sp³-hybridized carbons (Fsp3) is 0. The van der Waals surface area contributed by atoms with Gasteiger partial charge >= 0.3 is 5.97 Å². The lowest BCUT2D eigenvalue weighted by Crippen LogP contribution is -2.12. The highest BCUT2D eigenvalue weighted by molar-refractivity contribution is 9.10. The van der Waals surface area contributed by atoms with Gasteiger partial charge in [-0.05, 0) is 52.3 Å². The molecule has 102 valence electrons. The number of nitrogens with one attached hydrogen (secondary N) is 1. The van der Waals surface area contributed by atoms with Crippen LogP contribution in [0.25, 0.3) is 0 Å². The first-order valence-electron chi connectivity index (χ1n) is 5.67. The number of hydrogen-bond donors (Lipinski definition) is 3. The van der Waals surface area contributed by atoms with Crippen LogP contribution in [0, 0.1) is 0 Å². The second-order valence-corrected chi connectivity index (χ2v) is 4.93. The summed E-state index contributed by atoms with van der Waals surface area (Å²) in [6.07, 6.45) is 0. The summed E-state index contributed by atoms with van der Waals surface area (Å²) in [5.74, 6) is -1.42. The highest BCUT2D eigenvalue weighted by atomic mass is 79.9. The van der Waals surface area contributed by atoms with Crippen LogP contribution in [0.1, 0.15) is 20.7 Å². The van der Waals surface area contributed by atoms with Crippen molar-refractivity contribution in [2.45, 2.75) is 0 Å². The van der Waals surface area contributed by atoms with Crippen LogP contribution in [0.4, 0.5) is 11.4 Å². The van der Waals surface area contributed by atoms with Crippen LogP contribution in [0.3, 0.4) is 0 Å². The molecule has 4 N–H and O–H groups in total. The zero-order valence-electron chi connectivity index (χ0n) is 10.3. The molecule has 5 nitrogen and oxygen atoms in total. The molecule has 0 heterocycles. The van der Waals surface area contributed by atoms with E-state index in [0.29, 0.717) is 21.4 Å². The minimum atomic E-state index is -1.07. The minimum Gasteiger partial charge on any atom is -0.478 e. The van der Waals surface area contributed by atoms with E-state index in [0.717, 1.165) is 0 Å². The van der Waals surface area contributed by atoms with Gasteiger partial charge in [-0.1, -0.05) is 6.07 Å². The Labute approximate surface area is 123 Å². The Morgan fingerprint density at radius 3 is 2.55 bits per heavy atom. The number of hydrogen-bond acceptors (Lipinski definition) is 3. The molecular weight excluding hydrogens is 324 g/mol. The molecule has 0 aliphatic rings. The number of carbonyl (C=O) groups excluding carboxylic acids is 1. The second kappa shape index (κ2) is 5.75. The lowest BCUT2D eigenvalue weighted by atomic mass is 10.1. The molecule has 6 heteroatoms. The number of halogens is 1. The van der Waals surface area contributed by atoms with Crippen molar-refractivity contribution in [3.8, 4) is 0 Å². The van der Waals surface area contributed by atoms with E-state index in [-0.39, 0.29) is 11.5 Å². The number of amides is 1. The smallest absolute Gasteiger partial charge is 0.336 e. The fourth-order valence-corrected chi connectivity index (χ4v) is 2.07. The summed E-state index contributed by atoms with van der Waals surface area (Å²) in [5.41, 5.74) is 6.98. The number of carbonyl (C=O) groups is 2. The summed E-state index contributed by atoms with van der Waals surface area (Å²) in [4.78, 5) is 23.0. The fourth-order valence-electron chi connectivity index (χ4n) is 1.65. The maximum absolute atomic E-state index is 12.0. The van der Waals surface area contributed by atoms with Gasteiger partial charge < -0.3 is 16.2 Å². The normalized spacial score (nSPS) is 10.1. The number of rotatable bonds is 3. The Kier molecular flexibility index (Phi) is 4.05. The first-order chi connectivity index (χ1) is 9.47. The molecule has 0 aliphatic heterocycles. The van der Waals surface area contributed by atoms with E-state index in [9.17, 15) is 9.59 Å². The molecule has 0 unspecified atom stereocenters. The molecule has 0 radical (unpaired) electrons. The van der Waals surface area contributed by atoms with E-state index >= 15 is 0 Å². The molecule has 0 atom stereocenters. The Hall–Kier alpha value is -2.34. The molecular formula is C14H11BrN2O3. The highest BCUT2D eigenvalue weighted by Gasteiger charge is 2.11. The molecule has 0 saturated heterocycles. The third-order valence-electron chi connectivity index (χ3n) is 2.60. The van der Waals surface area contributed by atoms with Crippen molar-refractivity contribution < 1.29 is 14.7 Å². The summed E-state index contributed by atoms with van der Waals surface area (Å²) >= 11 is 3.14. The van der Waals surface area contributed by atoms with Crippen molar-refractivity contribution in [3.63, 3.8) is 0 Å². The van der Waals surface area contributed by atoms with Gasteiger partial charge in [0.2, 0.25) is 0 Å². The Morgan fingerprint density at radius 1 is 1.15 bits per heavy atom. The molecule has 0 aliphatic carbocycles. The maximum atomic E-state index is 12.0. The molecule has 2 rings (SSSR count). The van der Waals surface area contributed by atoms with Gasteiger partial charge in [-0.25, -0.2) is 4.79 Å². The molecule has 2 aromatic rings. The molecule has 0 saturated carbocycles. The Balaban J connectivity index is 2.24. The molecule has 0 aromatic heterocycles. The molecule has 0 fully saturated rings. The van der Waals surface area contributed by atoms with Crippen molar-refractivity contribution in [2.75, 3.05) is 11.1 Å². The monoisotopic (exact) mass is 334 g/mol. The Bertz CT molecular complexity index is 686. The largest absolute Gasteiger partial charge is 0.478 e. The van der Waals surface area contributed by atoms with E-state index in [2.05, 4.69) is 21.2 Å². The number of nitrogens with two attached hydrogens (primary N) is 1. The van der Waals surface area contributed by atoms with Gasteiger partial charge in [-0.3, -0.25) is 4.79 Å². The molecule has 20 heavy (non-hydrogen) atoms. The van der Waals surface area contributed by atoms with Gasteiger partial charge in [0.05, 0.1) is 5.56 Å². The number of benzene rings is 2. The number of carboxylic acid groups (broad SMARTS) is 1. The van der Waals surface area contributed by atoms with Gasteiger partial charge in [-0.2, -0.15) is 0 Å². The van der Waals surface area contributed by atoms with Crippen molar-refractivity contribution in [3.05, 3.63) is 58.1 Å². The molecule has 1 amide bonds. The van der Waals surface area contributed by atoms with E-state index in [1.165, 1.54) is 6.07 Å². The average molecular weight is 335 g/mol. The zero-order valence-corrected chi connectivity index (χ0v) is 11.8. The van der Waals surface area contributed by atoms with Gasteiger partial charge in [0.15, 0.2) is 0 Å². The van der Waals surface area contributed by atoms with E-state index in [1.54, 1.807) is 36.4 Å². The van der Waals surface area contributed by atoms with Gasteiger partial charge in [0.1, 0.15) is 0 Å². The quantitative estimate of drug-likeness (QED) is 0.752. The summed E-state index contributed by atoms with van der Waals surface area (Å²) in [6.45, 7) is 0. The standard InChI is InChI=1S/C14H11BrN2O3/c15-12-5-4-10(7-11(12)14(19)20)17-13(18)8-2-1-3-9(16)6-8/h1-7H,16H2,(H,17,18)(H,19,20). The highest BCUT2D eigenvalue weighted by Crippen LogP contribution is 2.21. The Morgan fingerprint density at radius 2 is 1.90 bits per heavy atom. The maximum Gasteiger partial charge on any atom is 0.336 e. The van der Waals surface area contributed by atoms with E-state index < -0.39 is 5.97 Å². The van der Waals surface area contributed by atoms with E-state index in [1.807, 2.05) is 0 Å². The number of carboxylic acids is 1. The summed E-state index contributed by atoms with van der Waals surface area (Å²) in [5, 5.41) is 11.6. The van der Waals surface area contributed by atoms with Crippen molar-refractivity contribution in [1.82, 2.24) is 0 Å². The number of anilines is 2. The second-order valence-electron chi connectivity index (χ2n) is 4.08. The van der Waals surface area contributed by atoms with Crippen LogP contribution in [0.5, 0.6) is 0 Å². The number of aromatic carboxylic acids is 1. The van der Waals surface area contributed by atoms with Crippen molar-refractivity contribution in [2.24, 2.45) is 0 Å². The van der Waals surface area contributed by atoms with E-state index in [4.69, 9.17) is 10.8 Å². The lowest BCUT2D eigenvalue weighted by molar-refractivity contribution is 0.0695. The zero-order chi connectivity index (χ0) is 14.7. The molecule has 2 aromatic carbocycles. The van der Waals surface area contributed by atoms with Crippen LogP contribution < -0.4 is 11.1 Å². The van der Waals surface area contributed by atoms with Crippen molar-refractivity contribution >= 4 is 39.2 Å². The van der Waals surface area contributed by atoms with Crippen molar-refractivity contribution in [1.29, 1.82) is 0 Å². The predicted octanol–water partition coefficient (Wildman–Crippen LogP) is 2.98. The molecule has 0 spiro atoms. The first kappa shape index (κ1) is 14.1. The molecule has 0 bridgehead atoms. The van der Waals surface area contributed by atoms with Gasteiger partial charge in [0.25, 0.3) is 5.91 Å². The SMILES string of the molecule is Nc1cccc(C(=O)Nc2ccc(Br)c(C(=O)O)c2)c1. The third kappa shape index (κ3) is 3.16. The average Bonchev–Trinajstić information content (AvgIpc) is 2.40. The van der Waals surface area contributed by atoms with Crippen LogP contribution in [-0.4, -0.2) is 17.0 Å². The van der Waals surface area contributed by atoms with Crippen LogP contribution >= 0.6 is 15.9 Å². The lowest BCUT2D eigenvalue weighted by Gasteiger charge is -2.07. The topological polar surface area (TPSA) is 92.4 Å². The van der Waals surface area contributed by atoms with Crippen LogP contribution in [0.15, 0.2) is 46.9 Å². The van der Waals surface area contributed by atoms with Gasteiger partial charge in [0, 0.05) is 21.4 Å². The first-order valence-corrected chi connectivity index (χ1v) is 6.46. The predicted molar refractivity (Wildman–Crippen MR) is 79.9 cm³/mol. The summed E-state index contributed by atoms with van der Waals surface area (Å²) in [7, 11) is 0. The van der Waals surface area contributed by atoms with Crippen LogP contribution in [-0.2, 0) is 0 Å². The summed E-state index contributed by atoms with van der Waals surface area (Å²) in [6, 6.07) is 11.1. The minimum absolute atomic E-state index is 0.0791. The van der Waals surface area contributed by atoms with Crippen LogP contribution in [0.2, 0.25) is 0 Å². The summed E-state index contributed by atoms with van der Waals surface area (Å²) < 4.78 is 0.451. The number of nitrogen functional groups attached to an aromatic ring is 1. The third-order valence-corrected chi connectivity index (χ3v) is 3.29.